The van der Waals surface area contributed by atoms with E-state index < -0.39 is 0 Å². The fourth-order valence-corrected chi connectivity index (χ4v) is 2.37. The smallest absolute Gasteiger partial charge is 0.239 e. The van der Waals surface area contributed by atoms with Crippen LogP contribution in [0.15, 0.2) is 12.4 Å². The minimum absolute atomic E-state index is 0.0667. The molecule has 1 aliphatic heterocycles. The molecule has 0 radical (unpaired) electrons. The van der Waals surface area contributed by atoms with Crippen LogP contribution >= 0.6 is 0 Å². The Kier molecular flexibility index (Phi) is 4.31. The van der Waals surface area contributed by atoms with Crippen molar-refractivity contribution in [1.82, 2.24) is 20.2 Å². The maximum Gasteiger partial charge on any atom is 0.239 e. The average Bonchev–Trinajstić information content (AvgIpc) is 3.32. The van der Waals surface area contributed by atoms with Gasteiger partial charge in [-0.3, -0.25) is 14.7 Å². The van der Waals surface area contributed by atoms with E-state index in [0.717, 1.165) is 30.9 Å². The molecule has 1 atom stereocenters. The van der Waals surface area contributed by atoms with Crippen LogP contribution in [0.4, 0.5) is 5.82 Å². The third kappa shape index (κ3) is 3.68. The van der Waals surface area contributed by atoms with E-state index in [1.54, 1.807) is 12.4 Å². The summed E-state index contributed by atoms with van der Waals surface area (Å²) in [5.41, 5.74) is 0.861. The van der Waals surface area contributed by atoms with Gasteiger partial charge in [0, 0.05) is 26.2 Å². The Morgan fingerprint density at radius 2 is 2.29 bits per heavy atom. The van der Waals surface area contributed by atoms with Crippen molar-refractivity contribution in [2.24, 2.45) is 0 Å². The molecule has 2 heterocycles. The van der Waals surface area contributed by atoms with Crippen molar-refractivity contribution < 1.29 is 9.53 Å². The Balaban J connectivity index is 1.63. The van der Waals surface area contributed by atoms with Crippen molar-refractivity contribution >= 4 is 11.7 Å². The van der Waals surface area contributed by atoms with Gasteiger partial charge in [-0.05, 0) is 12.8 Å². The van der Waals surface area contributed by atoms with Gasteiger partial charge in [-0.2, -0.15) is 0 Å². The number of hydrogen-bond donors (Lipinski definition) is 2. The molecule has 0 aromatic carbocycles. The number of ether oxygens (including phenoxy) is 1. The second-order valence-corrected chi connectivity index (χ2v) is 5.49. The highest BCUT2D eigenvalue weighted by atomic mass is 16.5. The number of carbonyl (C=O) groups is 1. The maximum atomic E-state index is 12.3. The van der Waals surface area contributed by atoms with Gasteiger partial charge in [0.05, 0.1) is 31.3 Å². The van der Waals surface area contributed by atoms with Gasteiger partial charge >= 0.3 is 0 Å². The lowest BCUT2D eigenvalue weighted by atomic mass is 10.2. The lowest BCUT2D eigenvalue weighted by Gasteiger charge is -2.34. The van der Waals surface area contributed by atoms with Crippen LogP contribution in [0, 0.1) is 0 Å². The quantitative estimate of drug-likeness (QED) is 0.795. The molecule has 7 heteroatoms. The minimum atomic E-state index is -0.231. The summed E-state index contributed by atoms with van der Waals surface area (Å²) in [7, 11) is 1.81. The Morgan fingerprint density at radius 1 is 1.43 bits per heavy atom. The number of morpholine rings is 1. The van der Waals surface area contributed by atoms with Gasteiger partial charge in [0.15, 0.2) is 0 Å². The highest BCUT2D eigenvalue weighted by Crippen LogP contribution is 2.20. The summed E-state index contributed by atoms with van der Waals surface area (Å²) in [6, 6.07) is 0.140. The number of rotatable bonds is 5. The second kappa shape index (κ2) is 6.36. The second-order valence-electron chi connectivity index (χ2n) is 5.49. The van der Waals surface area contributed by atoms with E-state index in [1.807, 2.05) is 7.05 Å². The van der Waals surface area contributed by atoms with Crippen molar-refractivity contribution in [3.05, 3.63) is 18.1 Å². The van der Waals surface area contributed by atoms with Crippen molar-refractivity contribution in [3.63, 3.8) is 0 Å². The zero-order chi connectivity index (χ0) is 14.7. The molecule has 2 N–H and O–H groups in total. The summed E-state index contributed by atoms with van der Waals surface area (Å²) in [6.45, 7) is 2.44. The standard InChI is InChI=1S/C14H21N5O2/c1-15-13-7-16-11(6-17-13)8-19-4-5-21-9-12(19)14(20)18-10-2-3-10/h6-7,10,12H,2-5,8-9H2,1H3,(H,15,17)(H,18,20). The van der Waals surface area contributed by atoms with E-state index in [0.29, 0.717) is 25.8 Å². The molecule has 1 aromatic heterocycles. The summed E-state index contributed by atoms with van der Waals surface area (Å²) < 4.78 is 5.46. The van der Waals surface area contributed by atoms with Crippen molar-refractivity contribution in [1.29, 1.82) is 0 Å². The summed E-state index contributed by atoms with van der Waals surface area (Å²) in [5, 5.41) is 5.99. The molecule has 7 nitrogen and oxygen atoms in total. The topological polar surface area (TPSA) is 79.4 Å². The summed E-state index contributed by atoms with van der Waals surface area (Å²) in [4.78, 5) is 23.0. The molecule has 2 fully saturated rings. The number of nitrogens with zero attached hydrogens (tertiary/aromatic N) is 3. The zero-order valence-electron chi connectivity index (χ0n) is 12.2. The van der Waals surface area contributed by atoms with Crippen molar-refractivity contribution in [2.45, 2.75) is 31.5 Å². The Labute approximate surface area is 124 Å². The van der Waals surface area contributed by atoms with Gasteiger partial charge in [-0.25, -0.2) is 4.98 Å². The highest BCUT2D eigenvalue weighted by molar-refractivity contribution is 5.82. The van der Waals surface area contributed by atoms with Crippen LogP contribution in [0.2, 0.25) is 0 Å². The molecular weight excluding hydrogens is 270 g/mol. The van der Waals surface area contributed by atoms with Crippen LogP contribution in [0.3, 0.4) is 0 Å². The van der Waals surface area contributed by atoms with E-state index in [2.05, 4.69) is 25.5 Å². The predicted molar refractivity (Wildman–Crippen MR) is 77.8 cm³/mol. The van der Waals surface area contributed by atoms with Crippen LogP contribution in [-0.2, 0) is 16.1 Å². The first-order valence-corrected chi connectivity index (χ1v) is 7.37. The van der Waals surface area contributed by atoms with Crippen LogP contribution in [0.1, 0.15) is 18.5 Å². The van der Waals surface area contributed by atoms with Crippen molar-refractivity contribution in [3.8, 4) is 0 Å². The van der Waals surface area contributed by atoms with Crippen LogP contribution in [0.5, 0.6) is 0 Å². The minimum Gasteiger partial charge on any atom is -0.378 e. The fraction of sp³-hybridized carbons (Fsp3) is 0.643. The number of carbonyl (C=O) groups excluding carboxylic acids is 1. The molecule has 1 aromatic rings. The monoisotopic (exact) mass is 291 g/mol. The van der Waals surface area contributed by atoms with Gasteiger partial charge < -0.3 is 15.4 Å². The molecule has 21 heavy (non-hydrogen) atoms. The third-order valence-corrected chi connectivity index (χ3v) is 3.79. The van der Waals surface area contributed by atoms with E-state index in [9.17, 15) is 4.79 Å². The first-order valence-electron chi connectivity index (χ1n) is 7.37. The largest absolute Gasteiger partial charge is 0.378 e. The first kappa shape index (κ1) is 14.2. The van der Waals surface area contributed by atoms with Crippen LogP contribution in [0.25, 0.3) is 0 Å². The van der Waals surface area contributed by atoms with Gasteiger partial charge in [-0.1, -0.05) is 0 Å². The predicted octanol–water partition coefficient (Wildman–Crippen LogP) is -0.00230. The van der Waals surface area contributed by atoms with Crippen molar-refractivity contribution in [2.75, 3.05) is 32.1 Å². The van der Waals surface area contributed by atoms with E-state index in [-0.39, 0.29) is 11.9 Å². The Hall–Kier alpha value is -1.73. The van der Waals surface area contributed by atoms with E-state index in [4.69, 9.17) is 4.74 Å². The fourth-order valence-electron chi connectivity index (χ4n) is 2.37. The Morgan fingerprint density at radius 3 is 2.95 bits per heavy atom. The molecule has 1 aliphatic carbocycles. The highest BCUT2D eigenvalue weighted by Gasteiger charge is 2.33. The summed E-state index contributed by atoms with van der Waals surface area (Å²) >= 11 is 0. The molecule has 3 rings (SSSR count). The van der Waals surface area contributed by atoms with Gasteiger partial charge in [0.25, 0.3) is 0 Å². The number of aromatic nitrogens is 2. The number of nitrogens with one attached hydrogen (secondary N) is 2. The molecule has 114 valence electrons. The SMILES string of the molecule is CNc1cnc(CN2CCOCC2C(=O)NC2CC2)cn1. The normalized spacial score (nSPS) is 22.8. The molecule has 1 amide bonds. The Bertz CT molecular complexity index is 489. The zero-order valence-corrected chi connectivity index (χ0v) is 12.2. The van der Waals surface area contributed by atoms with Gasteiger partial charge in [0.1, 0.15) is 11.9 Å². The number of amides is 1. The molecule has 0 bridgehead atoms. The summed E-state index contributed by atoms with van der Waals surface area (Å²) in [5.74, 6) is 0.806. The molecule has 0 spiro atoms. The third-order valence-electron chi connectivity index (χ3n) is 3.79. The lowest BCUT2D eigenvalue weighted by Crippen LogP contribution is -2.53. The number of anilines is 1. The number of hydrogen-bond acceptors (Lipinski definition) is 6. The molecule has 1 saturated heterocycles. The molecule has 1 unspecified atom stereocenters. The molecule has 1 saturated carbocycles. The van der Waals surface area contributed by atoms with E-state index in [1.165, 1.54) is 0 Å². The van der Waals surface area contributed by atoms with Gasteiger partial charge in [0.2, 0.25) is 5.91 Å². The average molecular weight is 291 g/mol. The molecular formula is C14H21N5O2. The van der Waals surface area contributed by atoms with Crippen LogP contribution < -0.4 is 10.6 Å². The van der Waals surface area contributed by atoms with E-state index >= 15 is 0 Å². The maximum absolute atomic E-state index is 12.3. The summed E-state index contributed by atoms with van der Waals surface area (Å²) in [6.07, 6.45) is 5.64. The van der Waals surface area contributed by atoms with Crippen LogP contribution in [-0.4, -0.2) is 59.7 Å². The van der Waals surface area contributed by atoms with Gasteiger partial charge in [-0.15, -0.1) is 0 Å². The lowest BCUT2D eigenvalue weighted by molar-refractivity contribution is -0.133. The molecule has 2 aliphatic rings. The first-order chi connectivity index (χ1) is 10.3.